The Balaban J connectivity index is 2.01. The summed E-state index contributed by atoms with van der Waals surface area (Å²) in [7, 11) is 1.57. The summed E-state index contributed by atoms with van der Waals surface area (Å²) in [5, 5.41) is 3.52. The van der Waals surface area contributed by atoms with E-state index in [1.54, 1.807) is 25.4 Å². The van der Waals surface area contributed by atoms with Crippen LogP contribution in [0.3, 0.4) is 0 Å². The van der Waals surface area contributed by atoms with E-state index in [1.165, 1.54) is 0 Å². The molecule has 0 spiro atoms. The van der Waals surface area contributed by atoms with Crippen LogP contribution in [0.4, 0.5) is 5.69 Å². The largest absolute Gasteiger partial charge is 0.495 e. The maximum atomic E-state index is 6.08. The first kappa shape index (κ1) is 17.1. The molecule has 0 amide bonds. The van der Waals surface area contributed by atoms with Gasteiger partial charge in [-0.1, -0.05) is 25.4 Å². The number of anilines is 1. The number of halogens is 1. The standard InChI is InChI=1S/C16H22ClN5O/c1-11(2)10-22-7-6-19-15(22)9-20-16(18)21-12-4-5-14(23-3)13(17)8-12/h4-8,11H,9-10H2,1-3H3,(H3,18,20,21). The van der Waals surface area contributed by atoms with Gasteiger partial charge in [0.05, 0.1) is 12.1 Å². The molecule has 0 aliphatic heterocycles. The molecule has 124 valence electrons. The minimum absolute atomic E-state index is 0.310. The summed E-state index contributed by atoms with van der Waals surface area (Å²) in [4.78, 5) is 8.65. The minimum Gasteiger partial charge on any atom is -0.495 e. The molecule has 1 aromatic carbocycles. The van der Waals surface area contributed by atoms with Crippen molar-refractivity contribution in [3.05, 3.63) is 41.4 Å². The summed E-state index contributed by atoms with van der Waals surface area (Å²) in [5.41, 5.74) is 6.67. The number of guanidine groups is 1. The molecule has 0 saturated heterocycles. The van der Waals surface area contributed by atoms with Gasteiger partial charge in [-0.15, -0.1) is 0 Å². The van der Waals surface area contributed by atoms with Gasteiger partial charge in [-0.25, -0.2) is 9.98 Å². The van der Waals surface area contributed by atoms with Crippen LogP contribution >= 0.6 is 11.6 Å². The number of rotatable bonds is 6. The molecular formula is C16H22ClN5O. The number of aromatic nitrogens is 2. The second-order valence-electron chi connectivity index (χ2n) is 5.57. The number of benzene rings is 1. The summed E-state index contributed by atoms with van der Waals surface area (Å²) in [6, 6.07) is 5.34. The molecule has 3 N–H and O–H groups in total. The molecule has 0 aliphatic carbocycles. The molecule has 0 unspecified atom stereocenters. The smallest absolute Gasteiger partial charge is 0.193 e. The second kappa shape index (κ2) is 7.87. The van der Waals surface area contributed by atoms with Gasteiger partial charge in [0.1, 0.15) is 18.1 Å². The van der Waals surface area contributed by atoms with Crippen molar-refractivity contribution in [3.8, 4) is 5.75 Å². The first-order chi connectivity index (χ1) is 11.0. The highest BCUT2D eigenvalue weighted by Gasteiger charge is 2.05. The van der Waals surface area contributed by atoms with Gasteiger partial charge in [-0.3, -0.25) is 0 Å². The molecule has 2 rings (SSSR count). The van der Waals surface area contributed by atoms with Crippen molar-refractivity contribution in [3.63, 3.8) is 0 Å². The zero-order chi connectivity index (χ0) is 16.8. The normalized spacial score (nSPS) is 11.8. The monoisotopic (exact) mass is 335 g/mol. The van der Waals surface area contributed by atoms with E-state index in [0.29, 0.717) is 29.2 Å². The first-order valence-electron chi connectivity index (χ1n) is 7.40. The van der Waals surface area contributed by atoms with Gasteiger partial charge in [0.25, 0.3) is 0 Å². The van der Waals surface area contributed by atoms with Gasteiger partial charge in [0, 0.05) is 24.6 Å². The van der Waals surface area contributed by atoms with E-state index in [1.807, 2.05) is 12.3 Å². The Labute approximate surface area is 141 Å². The Morgan fingerprint density at radius 2 is 2.26 bits per heavy atom. The van der Waals surface area contributed by atoms with Crippen LogP contribution in [0, 0.1) is 5.92 Å². The van der Waals surface area contributed by atoms with E-state index in [4.69, 9.17) is 22.1 Å². The van der Waals surface area contributed by atoms with Gasteiger partial charge >= 0.3 is 0 Å². The Morgan fingerprint density at radius 1 is 1.48 bits per heavy atom. The van der Waals surface area contributed by atoms with Crippen molar-refractivity contribution in [2.75, 3.05) is 12.4 Å². The van der Waals surface area contributed by atoms with E-state index in [9.17, 15) is 0 Å². The average molecular weight is 336 g/mol. The lowest BCUT2D eigenvalue weighted by Gasteiger charge is -2.10. The van der Waals surface area contributed by atoms with Crippen LogP contribution in [0.1, 0.15) is 19.7 Å². The quantitative estimate of drug-likeness (QED) is 0.628. The fourth-order valence-corrected chi connectivity index (χ4v) is 2.40. The highest BCUT2D eigenvalue weighted by atomic mass is 35.5. The number of hydrogen-bond donors (Lipinski definition) is 2. The summed E-state index contributed by atoms with van der Waals surface area (Å²) in [6.07, 6.45) is 3.73. The van der Waals surface area contributed by atoms with Crippen molar-refractivity contribution in [1.29, 1.82) is 0 Å². The number of hydrogen-bond acceptors (Lipinski definition) is 3. The summed E-state index contributed by atoms with van der Waals surface area (Å²) < 4.78 is 7.20. The number of ether oxygens (including phenoxy) is 1. The van der Waals surface area contributed by atoms with Gasteiger partial charge in [0.15, 0.2) is 5.96 Å². The van der Waals surface area contributed by atoms with Crippen LogP contribution < -0.4 is 15.8 Å². The molecule has 0 saturated carbocycles. The fraction of sp³-hybridized carbons (Fsp3) is 0.375. The summed E-state index contributed by atoms with van der Waals surface area (Å²) in [6.45, 7) is 5.65. The van der Waals surface area contributed by atoms with E-state index >= 15 is 0 Å². The SMILES string of the molecule is COc1ccc(NC(N)=NCc2nccn2CC(C)C)cc1Cl. The molecule has 6 nitrogen and oxygen atoms in total. The predicted molar refractivity (Wildman–Crippen MR) is 94.0 cm³/mol. The maximum absolute atomic E-state index is 6.08. The third-order valence-corrected chi connectivity index (χ3v) is 3.47. The van der Waals surface area contributed by atoms with Crippen LogP contribution in [0.25, 0.3) is 0 Å². The van der Waals surface area contributed by atoms with E-state index < -0.39 is 0 Å². The molecule has 0 aliphatic rings. The number of imidazole rings is 1. The predicted octanol–water partition coefficient (Wildman–Crippen LogP) is 3.13. The van der Waals surface area contributed by atoms with Crippen LogP contribution in [-0.2, 0) is 13.1 Å². The Bertz CT molecular complexity index is 681. The lowest BCUT2D eigenvalue weighted by atomic mass is 10.2. The van der Waals surface area contributed by atoms with Crippen LogP contribution in [0.15, 0.2) is 35.6 Å². The molecular weight excluding hydrogens is 314 g/mol. The second-order valence-corrected chi connectivity index (χ2v) is 5.97. The molecule has 2 aromatic rings. The zero-order valence-corrected chi connectivity index (χ0v) is 14.3. The van der Waals surface area contributed by atoms with Gasteiger partial charge in [-0.05, 0) is 24.1 Å². The van der Waals surface area contributed by atoms with Crippen molar-refractivity contribution < 1.29 is 4.74 Å². The highest BCUT2D eigenvalue weighted by Crippen LogP contribution is 2.27. The van der Waals surface area contributed by atoms with Gasteiger partial charge in [-0.2, -0.15) is 0 Å². The summed E-state index contributed by atoms with van der Waals surface area (Å²) >= 11 is 6.08. The molecule has 7 heteroatoms. The van der Waals surface area contributed by atoms with Gasteiger partial charge < -0.3 is 20.4 Å². The molecule has 1 heterocycles. The topological polar surface area (TPSA) is 77.5 Å². The third kappa shape index (κ3) is 4.89. The van der Waals surface area contributed by atoms with Crippen molar-refractivity contribution in [2.24, 2.45) is 16.6 Å². The summed E-state index contributed by atoms with van der Waals surface area (Å²) in [5.74, 6) is 2.36. The zero-order valence-electron chi connectivity index (χ0n) is 13.6. The molecule has 0 fully saturated rings. The Morgan fingerprint density at radius 3 is 2.91 bits per heavy atom. The lowest BCUT2D eigenvalue weighted by molar-refractivity contribution is 0.415. The van der Waals surface area contributed by atoms with Crippen LogP contribution in [0.5, 0.6) is 5.75 Å². The molecule has 0 atom stereocenters. The first-order valence-corrected chi connectivity index (χ1v) is 7.78. The highest BCUT2D eigenvalue weighted by molar-refractivity contribution is 6.32. The minimum atomic E-state index is 0.310. The van der Waals surface area contributed by atoms with Crippen LogP contribution in [0.2, 0.25) is 5.02 Å². The number of nitrogens with one attached hydrogen (secondary N) is 1. The van der Waals surface area contributed by atoms with Crippen molar-refractivity contribution in [1.82, 2.24) is 9.55 Å². The molecule has 0 bridgehead atoms. The number of nitrogens with two attached hydrogens (primary N) is 1. The van der Waals surface area contributed by atoms with Gasteiger partial charge in [0.2, 0.25) is 0 Å². The van der Waals surface area contributed by atoms with Crippen molar-refractivity contribution >= 4 is 23.2 Å². The average Bonchev–Trinajstić information content (AvgIpc) is 2.92. The maximum Gasteiger partial charge on any atom is 0.193 e. The lowest BCUT2D eigenvalue weighted by Crippen LogP contribution is -2.23. The Kier molecular flexibility index (Phi) is 5.87. The number of methoxy groups -OCH3 is 1. The van der Waals surface area contributed by atoms with Crippen LogP contribution in [-0.4, -0.2) is 22.6 Å². The third-order valence-electron chi connectivity index (χ3n) is 3.18. The molecule has 1 aromatic heterocycles. The van der Waals surface area contributed by atoms with E-state index in [0.717, 1.165) is 18.1 Å². The molecule has 0 radical (unpaired) electrons. The fourth-order valence-electron chi connectivity index (χ4n) is 2.14. The van der Waals surface area contributed by atoms with Crippen molar-refractivity contribution in [2.45, 2.75) is 26.9 Å². The number of nitrogens with zero attached hydrogens (tertiary/aromatic N) is 3. The Hall–Kier alpha value is -2.21. The number of aliphatic imine (C=N–C) groups is 1. The molecule has 23 heavy (non-hydrogen) atoms. The van der Waals surface area contributed by atoms with E-state index in [2.05, 4.69) is 33.7 Å². The van der Waals surface area contributed by atoms with E-state index in [-0.39, 0.29) is 0 Å².